The first kappa shape index (κ1) is 33.2. The number of likely N-dealkylation sites (tertiary alicyclic amines) is 1. The van der Waals surface area contributed by atoms with Crippen molar-refractivity contribution in [1.29, 1.82) is 0 Å². The van der Waals surface area contributed by atoms with E-state index in [9.17, 15) is 24.0 Å². The summed E-state index contributed by atoms with van der Waals surface area (Å²) in [5.74, 6) is -2.13. The summed E-state index contributed by atoms with van der Waals surface area (Å²) in [6.45, 7) is 1.66. The number of carbonyl (C=O) groups is 5. The van der Waals surface area contributed by atoms with E-state index in [4.69, 9.17) is 5.10 Å². The van der Waals surface area contributed by atoms with Crippen LogP contribution in [0.15, 0.2) is 36.5 Å². The summed E-state index contributed by atoms with van der Waals surface area (Å²) in [5, 5.41) is 13.0. The van der Waals surface area contributed by atoms with Gasteiger partial charge in [0.2, 0.25) is 17.7 Å². The fraction of sp³-hybridized carbons (Fsp3) is 0.424. The van der Waals surface area contributed by atoms with Crippen LogP contribution in [0, 0.1) is 5.82 Å². The van der Waals surface area contributed by atoms with Crippen LogP contribution in [0.5, 0.6) is 0 Å². The molecule has 3 heterocycles. The maximum Gasteiger partial charge on any atom is 0.325 e. The van der Waals surface area contributed by atoms with Crippen LogP contribution in [0.1, 0.15) is 44.2 Å². The Hall–Kier alpha value is -5.14. The van der Waals surface area contributed by atoms with Crippen LogP contribution in [-0.4, -0.2) is 99.2 Å². The molecule has 1 N–H and O–H groups in total. The molecule has 4 aromatic rings. The average molecular weight is 648 g/mol. The molecular weight excluding hydrogens is 609 g/mol. The van der Waals surface area contributed by atoms with Gasteiger partial charge in [-0.3, -0.25) is 28.5 Å². The van der Waals surface area contributed by atoms with Crippen LogP contribution in [0.2, 0.25) is 0 Å². The molecule has 1 saturated heterocycles. The number of amides is 3. The van der Waals surface area contributed by atoms with Gasteiger partial charge in [-0.25, -0.2) is 4.39 Å². The van der Waals surface area contributed by atoms with Crippen LogP contribution < -0.4 is 5.32 Å². The topological polar surface area (TPSA) is 149 Å². The summed E-state index contributed by atoms with van der Waals surface area (Å²) in [5.41, 5.74) is 3.07. The van der Waals surface area contributed by atoms with E-state index in [-0.39, 0.29) is 50.1 Å². The summed E-state index contributed by atoms with van der Waals surface area (Å²) < 4.78 is 23.5. The van der Waals surface area contributed by atoms with E-state index in [1.807, 2.05) is 12.1 Å². The second kappa shape index (κ2) is 14.1. The summed E-state index contributed by atoms with van der Waals surface area (Å²) in [4.78, 5) is 64.1. The van der Waals surface area contributed by atoms with Crippen LogP contribution >= 0.6 is 0 Å². The molecule has 2 aromatic heterocycles. The van der Waals surface area contributed by atoms with Crippen molar-refractivity contribution in [3.8, 4) is 11.1 Å². The normalized spacial score (nSPS) is 13.6. The van der Waals surface area contributed by atoms with Crippen molar-refractivity contribution in [1.82, 2.24) is 34.7 Å². The number of esters is 1. The van der Waals surface area contributed by atoms with Gasteiger partial charge in [0.1, 0.15) is 24.7 Å². The lowest BCUT2D eigenvalue weighted by molar-refractivity contribution is -0.141. The smallest absolute Gasteiger partial charge is 0.325 e. The number of rotatable bonds is 11. The third kappa shape index (κ3) is 7.31. The molecule has 1 aliphatic rings. The minimum atomic E-state index is -0.607. The zero-order valence-corrected chi connectivity index (χ0v) is 26.9. The van der Waals surface area contributed by atoms with Crippen LogP contribution in [0.25, 0.3) is 32.9 Å². The quantitative estimate of drug-likeness (QED) is 0.244. The number of nitrogens with one attached hydrogen (secondary N) is 1. The number of ether oxygens (including phenoxy) is 1. The number of hydrogen-bond donors (Lipinski definition) is 1. The Balaban J connectivity index is 1.48. The van der Waals surface area contributed by atoms with Crippen molar-refractivity contribution in [3.63, 3.8) is 0 Å². The number of hydrogen-bond acceptors (Lipinski definition) is 8. The fourth-order valence-electron chi connectivity index (χ4n) is 5.96. The number of benzene rings is 2. The highest BCUT2D eigenvalue weighted by Crippen LogP contribution is 2.40. The van der Waals surface area contributed by atoms with Crippen LogP contribution in [-0.2, 0) is 42.3 Å². The summed E-state index contributed by atoms with van der Waals surface area (Å²) in [7, 11) is 4.48. The van der Waals surface area contributed by atoms with Gasteiger partial charge >= 0.3 is 5.97 Å². The number of aryl methyl sites for hydroxylation is 1. The first-order valence-corrected chi connectivity index (χ1v) is 15.4. The first-order chi connectivity index (χ1) is 22.5. The Labute approximate surface area is 270 Å². The van der Waals surface area contributed by atoms with Crippen molar-refractivity contribution in [2.24, 2.45) is 7.05 Å². The lowest BCUT2D eigenvalue weighted by atomic mass is 9.88. The Kier molecular flexibility index (Phi) is 9.97. The number of carbonyl (C=O) groups excluding carboxylic acids is 5. The zero-order chi connectivity index (χ0) is 33.8. The largest absolute Gasteiger partial charge is 0.468 e. The molecule has 1 fully saturated rings. The molecule has 2 aromatic carbocycles. The number of nitrogens with zero attached hydrogens (tertiary/aromatic N) is 6. The number of halogens is 1. The standard InChI is InChI=1S/C33H38FN7O6/c1-20(42)8-9-29(44)40-12-10-21(11-13-40)33-32-23(24-15-27-22(14-25(24)34)16-36-39(27)3)6-5-7-26(32)41(37-33)19-30(45)38(2)18-28(43)35-17-31(46)47-4/h5-7,14-16,21H,8-13,17-19H2,1-4H3,(H,35,43). The van der Waals surface area contributed by atoms with Gasteiger partial charge in [0.05, 0.1) is 36.6 Å². The molecule has 0 unspecified atom stereocenters. The molecule has 0 spiro atoms. The molecule has 0 radical (unpaired) electrons. The molecule has 0 bridgehead atoms. The number of ketones is 1. The molecule has 13 nitrogen and oxygen atoms in total. The van der Waals surface area contributed by atoms with Crippen LogP contribution in [0.3, 0.4) is 0 Å². The predicted octanol–water partition coefficient (Wildman–Crippen LogP) is 2.55. The Morgan fingerprint density at radius 1 is 1.06 bits per heavy atom. The van der Waals surface area contributed by atoms with Crippen molar-refractivity contribution in [2.75, 3.05) is 40.3 Å². The molecule has 0 saturated carbocycles. The lowest BCUT2D eigenvalue weighted by Crippen LogP contribution is -2.41. The number of fused-ring (bicyclic) bond motifs is 2. The van der Waals surface area contributed by atoms with Gasteiger partial charge < -0.3 is 24.6 Å². The fourth-order valence-corrected chi connectivity index (χ4v) is 5.96. The highest BCUT2D eigenvalue weighted by atomic mass is 19.1. The highest BCUT2D eigenvalue weighted by molar-refractivity contribution is 6.00. The second-order valence-electron chi connectivity index (χ2n) is 11.9. The number of Topliss-reactive ketones (excluding diaryl/α,β-unsaturated/α-hetero) is 1. The number of methoxy groups -OCH3 is 1. The third-order valence-electron chi connectivity index (χ3n) is 8.60. The maximum absolute atomic E-state index is 15.7. The molecule has 14 heteroatoms. The Morgan fingerprint density at radius 3 is 2.51 bits per heavy atom. The van der Waals surface area contributed by atoms with E-state index >= 15 is 4.39 Å². The van der Waals surface area contributed by atoms with Gasteiger partial charge in [0.25, 0.3) is 0 Å². The molecule has 0 atom stereocenters. The molecule has 0 aliphatic carbocycles. The van der Waals surface area contributed by atoms with Crippen LogP contribution in [0.4, 0.5) is 4.39 Å². The van der Waals surface area contributed by atoms with Crippen molar-refractivity contribution >= 4 is 51.3 Å². The summed E-state index contributed by atoms with van der Waals surface area (Å²) in [6, 6.07) is 8.66. The first-order valence-electron chi connectivity index (χ1n) is 15.4. The Bertz CT molecular complexity index is 1860. The zero-order valence-electron chi connectivity index (χ0n) is 26.9. The van der Waals surface area contributed by atoms with E-state index in [1.54, 1.807) is 39.6 Å². The van der Waals surface area contributed by atoms with Gasteiger partial charge in [-0.2, -0.15) is 10.2 Å². The van der Waals surface area contributed by atoms with E-state index in [0.717, 1.165) is 5.52 Å². The third-order valence-corrected chi connectivity index (χ3v) is 8.60. The lowest BCUT2D eigenvalue weighted by Gasteiger charge is -2.31. The molecule has 5 rings (SSSR count). The van der Waals surface area contributed by atoms with Gasteiger partial charge in [-0.1, -0.05) is 12.1 Å². The molecule has 47 heavy (non-hydrogen) atoms. The van der Waals surface area contributed by atoms with Gasteiger partial charge in [0.15, 0.2) is 0 Å². The van der Waals surface area contributed by atoms with Crippen molar-refractivity contribution < 1.29 is 33.1 Å². The number of likely N-dealkylation sites (N-methyl/N-ethyl adjacent to an activating group) is 1. The van der Waals surface area contributed by atoms with E-state index in [0.29, 0.717) is 59.0 Å². The molecule has 3 amide bonds. The minimum absolute atomic E-state index is 0.0312. The molecule has 1 aliphatic heterocycles. The monoisotopic (exact) mass is 647 g/mol. The van der Waals surface area contributed by atoms with Crippen molar-refractivity contribution in [2.45, 2.75) is 45.1 Å². The van der Waals surface area contributed by atoms with Crippen molar-refractivity contribution in [3.05, 3.63) is 48.0 Å². The van der Waals surface area contributed by atoms with E-state index in [2.05, 4.69) is 15.2 Å². The van der Waals surface area contributed by atoms with Gasteiger partial charge in [-0.05, 0) is 43.5 Å². The summed E-state index contributed by atoms with van der Waals surface area (Å²) >= 11 is 0. The summed E-state index contributed by atoms with van der Waals surface area (Å²) in [6.07, 6.45) is 3.19. The highest BCUT2D eigenvalue weighted by Gasteiger charge is 2.30. The van der Waals surface area contributed by atoms with E-state index < -0.39 is 23.6 Å². The number of piperidine rings is 1. The minimum Gasteiger partial charge on any atom is -0.468 e. The van der Waals surface area contributed by atoms with Gasteiger partial charge in [-0.15, -0.1) is 0 Å². The SMILES string of the molecule is COC(=O)CNC(=O)CN(C)C(=O)Cn1nc(C2CCN(C(=O)CCC(C)=O)CC2)c2c(-c3cc4c(cnn4C)cc3F)cccc21. The Morgan fingerprint density at radius 2 is 1.81 bits per heavy atom. The molecular formula is C33H38FN7O6. The van der Waals surface area contributed by atoms with E-state index in [1.165, 1.54) is 32.0 Å². The predicted molar refractivity (Wildman–Crippen MR) is 171 cm³/mol. The maximum atomic E-state index is 15.7. The molecule has 248 valence electrons. The van der Waals surface area contributed by atoms with Gasteiger partial charge in [0, 0.05) is 62.3 Å². The number of aromatic nitrogens is 4. The second-order valence-corrected chi connectivity index (χ2v) is 11.9. The average Bonchev–Trinajstić information content (AvgIpc) is 3.61.